The number of fused-ring (bicyclic) bond motifs is 1. The summed E-state index contributed by atoms with van der Waals surface area (Å²) in [5.74, 6) is 4.18. The summed E-state index contributed by atoms with van der Waals surface area (Å²) in [6, 6.07) is 3.41. The fourth-order valence-corrected chi connectivity index (χ4v) is 3.13. The highest BCUT2D eigenvalue weighted by Crippen LogP contribution is 2.31. The van der Waals surface area contributed by atoms with E-state index >= 15 is 0 Å². The maximum absolute atomic E-state index is 12.8. The van der Waals surface area contributed by atoms with E-state index < -0.39 is 12.0 Å². The van der Waals surface area contributed by atoms with Gasteiger partial charge in [0.25, 0.3) is 0 Å². The SMILES string of the molecule is NNc1cc(N2CCc3sccc3C2)nc(C(F)(F)F)n1. The van der Waals surface area contributed by atoms with Crippen molar-refractivity contribution in [2.24, 2.45) is 5.84 Å². The zero-order valence-electron chi connectivity index (χ0n) is 10.8. The Morgan fingerprint density at radius 2 is 2.14 bits per heavy atom. The van der Waals surface area contributed by atoms with E-state index in [4.69, 9.17) is 5.84 Å². The number of anilines is 2. The van der Waals surface area contributed by atoms with Crippen molar-refractivity contribution in [2.45, 2.75) is 19.1 Å². The molecular weight excluding hydrogens is 303 g/mol. The van der Waals surface area contributed by atoms with Crippen LogP contribution in [0.2, 0.25) is 0 Å². The summed E-state index contributed by atoms with van der Waals surface area (Å²) in [6.45, 7) is 1.16. The molecule has 0 saturated carbocycles. The lowest BCUT2D eigenvalue weighted by Gasteiger charge is -2.28. The van der Waals surface area contributed by atoms with Crippen molar-refractivity contribution in [1.29, 1.82) is 0 Å². The highest BCUT2D eigenvalue weighted by atomic mass is 32.1. The van der Waals surface area contributed by atoms with Crippen LogP contribution in [0.4, 0.5) is 24.8 Å². The second kappa shape index (κ2) is 5.15. The van der Waals surface area contributed by atoms with Gasteiger partial charge in [-0.2, -0.15) is 13.2 Å². The second-order valence-corrected chi connectivity index (χ2v) is 5.62. The molecule has 0 atom stereocenters. The first-order chi connectivity index (χ1) is 9.97. The van der Waals surface area contributed by atoms with Crippen molar-refractivity contribution in [3.05, 3.63) is 33.8 Å². The third-order valence-corrected chi connectivity index (χ3v) is 4.27. The number of aromatic nitrogens is 2. The van der Waals surface area contributed by atoms with Crippen molar-refractivity contribution in [2.75, 3.05) is 16.9 Å². The number of nitrogens with zero attached hydrogens (tertiary/aromatic N) is 3. The lowest BCUT2D eigenvalue weighted by Crippen LogP contribution is -2.31. The van der Waals surface area contributed by atoms with Crippen LogP contribution in [0.25, 0.3) is 0 Å². The first-order valence-electron chi connectivity index (χ1n) is 6.20. The molecule has 0 radical (unpaired) electrons. The maximum atomic E-state index is 12.8. The van der Waals surface area contributed by atoms with Crippen molar-refractivity contribution >= 4 is 23.0 Å². The maximum Gasteiger partial charge on any atom is 0.451 e. The molecule has 0 bridgehead atoms. The third kappa shape index (κ3) is 2.79. The van der Waals surface area contributed by atoms with E-state index in [0.717, 1.165) is 12.0 Å². The third-order valence-electron chi connectivity index (χ3n) is 3.25. The Hall–Kier alpha value is -1.87. The van der Waals surface area contributed by atoms with Crippen molar-refractivity contribution in [1.82, 2.24) is 9.97 Å². The first-order valence-corrected chi connectivity index (χ1v) is 7.08. The summed E-state index contributed by atoms with van der Waals surface area (Å²) >= 11 is 1.67. The normalized spacial score (nSPS) is 15.0. The van der Waals surface area contributed by atoms with Crippen LogP contribution < -0.4 is 16.2 Å². The lowest BCUT2D eigenvalue weighted by atomic mass is 10.1. The molecule has 5 nitrogen and oxygen atoms in total. The van der Waals surface area contributed by atoms with Crippen LogP contribution >= 0.6 is 11.3 Å². The van der Waals surface area contributed by atoms with Gasteiger partial charge in [-0.25, -0.2) is 15.8 Å². The Morgan fingerprint density at radius 3 is 2.86 bits per heavy atom. The van der Waals surface area contributed by atoms with Gasteiger partial charge in [0.15, 0.2) is 0 Å². The number of nitrogen functional groups attached to an aromatic ring is 1. The Bertz CT molecular complexity index is 655. The van der Waals surface area contributed by atoms with Crippen LogP contribution in [0.15, 0.2) is 17.5 Å². The first kappa shape index (κ1) is 14.1. The molecule has 0 aliphatic carbocycles. The molecule has 112 valence electrons. The second-order valence-electron chi connectivity index (χ2n) is 4.62. The molecule has 3 N–H and O–H groups in total. The van der Waals surface area contributed by atoms with E-state index in [9.17, 15) is 13.2 Å². The van der Waals surface area contributed by atoms with Crippen LogP contribution in [0, 0.1) is 0 Å². The summed E-state index contributed by atoms with van der Waals surface area (Å²) in [6.07, 6.45) is -3.81. The van der Waals surface area contributed by atoms with E-state index in [1.807, 2.05) is 11.4 Å². The molecule has 9 heteroatoms. The fraction of sp³-hybridized carbons (Fsp3) is 0.333. The Morgan fingerprint density at radius 1 is 1.33 bits per heavy atom. The van der Waals surface area contributed by atoms with E-state index in [2.05, 4.69) is 15.4 Å². The summed E-state index contributed by atoms with van der Waals surface area (Å²) in [4.78, 5) is 10.1. The van der Waals surface area contributed by atoms with Crippen LogP contribution in [-0.2, 0) is 19.1 Å². The number of nitrogens with one attached hydrogen (secondary N) is 1. The zero-order chi connectivity index (χ0) is 15.0. The highest BCUT2D eigenvalue weighted by Gasteiger charge is 2.36. The summed E-state index contributed by atoms with van der Waals surface area (Å²) in [5.41, 5.74) is 3.28. The number of hydrazine groups is 1. The molecule has 0 fully saturated rings. The molecule has 0 amide bonds. The molecule has 1 aliphatic heterocycles. The van der Waals surface area contributed by atoms with Crippen molar-refractivity contribution in [3.8, 4) is 0 Å². The summed E-state index contributed by atoms with van der Waals surface area (Å²) < 4.78 is 38.5. The number of alkyl halides is 3. The van der Waals surface area contributed by atoms with Crippen LogP contribution in [0.5, 0.6) is 0 Å². The van der Waals surface area contributed by atoms with Gasteiger partial charge in [0.2, 0.25) is 5.82 Å². The van der Waals surface area contributed by atoms with Crippen LogP contribution in [0.1, 0.15) is 16.3 Å². The van der Waals surface area contributed by atoms with Crippen molar-refractivity contribution < 1.29 is 13.2 Å². The van der Waals surface area contributed by atoms with Gasteiger partial charge >= 0.3 is 6.18 Å². The molecule has 3 rings (SSSR count). The van der Waals surface area contributed by atoms with Gasteiger partial charge in [0, 0.05) is 24.0 Å². The zero-order valence-corrected chi connectivity index (χ0v) is 11.6. The van der Waals surface area contributed by atoms with Gasteiger partial charge in [-0.15, -0.1) is 11.3 Å². The molecule has 1 aliphatic rings. The summed E-state index contributed by atoms with van der Waals surface area (Å²) in [7, 11) is 0. The Kier molecular flexibility index (Phi) is 3.46. The predicted molar refractivity (Wildman–Crippen MR) is 73.9 cm³/mol. The minimum absolute atomic E-state index is 0.0524. The number of rotatable bonds is 2. The van der Waals surface area contributed by atoms with Gasteiger partial charge in [-0.05, 0) is 23.4 Å². The number of hydrogen-bond acceptors (Lipinski definition) is 6. The van der Waals surface area contributed by atoms with Crippen LogP contribution in [-0.4, -0.2) is 16.5 Å². The average molecular weight is 315 g/mol. The molecule has 2 aromatic heterocycles. The molecule has 21 heavy (non-hydrogen) atoms. The molecule has 2 aromatic rings. The number of hydrogen-bond donors (Lipinski definition) is 2. The van der Waals surface area contributed by atoms with Gasteiger partial charge in [-0.3, -0.25) is 0 Å². The lowest BCUT2D eigenvalue weighted by molar-refractivity contribution is -0.144. The minimum atomic E-state index is -4.61. The van der Waals surface area contributed by atoms with Gasteiger partial charge < -0.3 is 10.3 Å². The standard InChI is InChI=1S/C12H12F3N5S/c13-12(14,15)11-17-9(19-16)5-10(18-11)20-3-1-8-7(6-20)2-4-21-8/h2,4-5H,1,3,6,16H2,(H,17,18,19). The number of thiophene rings is 1. The Balaban J connectivity index is 1.95. The summed E-state index contributed by atoms with van der Waals surface area (Å²) in [5, 5.41) is 1.99. The average Bonchev–Trinajstić information content (AvgIpc) is 2.93. The van der Waals surface area contributed by atoms with E-state index in [1.54, 1.807) is 16.2 Å². The van der Waals surface area contributed by atoms with E-state index in [1.165, 1.54) is 10.9 Å². The Labute approximate surface area is 122 Å². The molecule has 0 unspecified atom stereocenters. The smallest absolute Gasteiger partial charge is 0.352 e. The number of nitrogens with two attached hydrogens (primary N) is 1. The largest absolute Gasteiger partial charge is 0.451 e. The predicted octanol–water partition coefficient (Wildman–Crippen LogP) is 2.41. The fourth-order valence-electron chi connectivity index (χ4n) is 2.24. The highest BCUT2D eigenvalue weighted by molar-refractivity contribution is 7.10. The quantitative estimate of drug-likeness (QED) is 0.658. The van der Waals surface area contributed by atoms with Crippen molar-refractivity contribution in [3.63, 3.8) is 0 Å². The van der Waals surface area contributed by atoms with Gasteiger partial charge in [-0.1, -0.05) is 0 Å². The van der Waals surface area contributed by atoms with Crippen LogP contribution in [0.3, 0.4) is 0 Å². The minimum Gasteiger partial charge on any atom is -0.352 e. The molecule has 0 spiro atoms. The molecule has 3 heterocycles. The molecular formula is C12H12F3N5S. The monoisotopic (exact) mass is 315 g/mol. The van der Waals surface area contributed by atoms with Gasteiger partial charge in [0.1, 0.15) is 11.6 Å². The van der Waals surface area contributed by atoms with Gasteiger partial charge in [0.05, 0.1) is 0 Å². The van der Waals surface area contributed by atoms with E-state index in [-0.39, 0.29) is 11.6 Å². The van der Waals surface area contributed by atoms with E-state index in [0.29, 0.717) is 13.1 Å². The topological polar surface area (TPSA) is 67.1 Å². The number of halogens is 3. The molecule has 0 aromatic carbocycles. The molecule has 0 saturated heterocycles.